The van der Waals surface area contributed by atoms with Crippen LogP contribution in [-0.2, 0) is 9.47 Å². The molecule has 1 heterocycles. The molecule has 1 amide bonds. The molecule has 0 saturated carbocycles. The van der Waals surface area contributed by atoms with Gasteiger partial charge in [-0.3, -0.25) is 4.79 Å². The van der Waals surface area contributed by atoms with E-state index in [1.54, 1.807) is 20.1 Å². The first-order chi connectivity index (χ1) is 8.65. The monoisotopic (exact) mass is 255 g/mol. The lowest BCUT2D eigenvalue weighted by molar-refractivity contribution is 0.0688. The first-order valence-corrected chi connectivity index (χ1v) is 6.07. The fourth-order valence-electron chi connectivity index (χ4n) is 1.57. The zero-order valence-corrected chi connectivity index (χ0v) is 11.2. The standard InChI is InChI=1S/C13H21NO4/c1-10-9-12(11(2)18-10)13(15)14-5-4-6-17-8-7-16-3/h9H,4-8H2,1-3H3,(H,14,15). The number of carbonyl (C=O) groups excluding carboxylic acids is 1. The lowest BCUT2D eigenvalue weighted by Gasteiger charge is -2.05. The zero-order chi connectivity index (χ0) is 13.4. The molecule has 5 heteroatoms. The van der Waals surface area contributed by atoms with Crippen molar-refractivity contribution >= 4 is 5.91 Å². The Hall–Kier alpha value is -1.33. The number of hydrogen-bond acceptors (Lipinski definition) is 4. The minimum Gasteiger partial charge on any atom is -0.466 e. The Morgan fingerprint density at radius 3 is 2.72 bits per heavy atom. The molecule has 1 aromatic heterocycles. The highest BCUT2D eigenvalue weighted by molar-refractivity contribution is 5.95. The predicted molar refractivity (Wildman–Crippen MR) is 67.8 cm³/mol. The number of aryl methyl sites for hydroxylation is 2. The quantitative estimate of drug-likeness (QED) is 0.718. The summed E-state index contributed by atoms with van der Waals surface area (Å²) in [7, 11) is 1.64. The molecule has 0 aliphatic rings. The van der Waals surface area contributed by atoms with Crippen molar-refractivity contribution < 1.29 is 18.7 Å². The number of carbonyl (C=O) groups is 1. The third-order valence-corrected chi connectivity index (χ3v) is 2.47. The molecule has 0 aromatic carbocycles. The van der Waals surface area contributed by atoms with Crippen LogP contribution >= 0.6 is 0 Å². The van der Waals surface area contributed by atoms with Gasteiger partial charge < -0.3 is 19.2 Å². The summed E-state index contributed by atoms with van der Waals surface area (Å²) in [5.74, 6) is 1.31. The van der Waals surface area contributed by atoms with E-state index in [0.717, 1.165) is 12.2 Å². The van der Waals surface area contributed by atoms with Gasteiger partial charge in [-0.2, -0.15) is 0 Å². The van der Waals surface area contributed by atoms with Gasteiger partial charge in [0.2, 0.25) is 0 Å². The van der Waals surface area contributed by atoms with Crippen LogP contribution in [0.15, 0.2) is 10.5 Å². The van der Waals surface area contributed by atoms with Crippen molar-refractivity contribution in [3.63, 3.8) is 0 Å². The topological polar surface area (TPSA) is 60.7 Å². The van der Waals surface area contributed by atoms with E-state index in [4.69, 9.17) is 13.9 Å². The Balaban J connectivity index is 2.16. The number of hydrogen-bond donors (Lipinski definition) is 1. The van der Waals surface area contributed by atoms with Crippen LogP contribution in [0.25, 0.3) is 0 Å². The van der Waals surface area contributed by atoms with Crippen molar-refractivity contribution in [1.82, 2.24) is 5.32 Å². The van der Waals surface area contributed by atoms with E-state index in [9.17, 15) is 4.79 Å². The molecule has 5 nitrogen and oxygen atoms in total. The van der Waals surface area contributed by atoms with Gasteiger partial charge in [-0.15, -0.1) is 0 Å². The summed E-state index contributed by atoms with van der Waals surface area (Å²) in [6.45, 7) is 6.01. The van der Waals surface area contributed by atoms with E-state index in [1.807, 2.05) is 6.92 Å². The van der Waals surface area contributed by atoms with E-state index >= 15 is 0 Å². The van der Waals surface area contributed by atoms with Crippen LogP contribution in [0.3, 0.4) is 0 Å². The van der Waals surface area contributed by atoms with Crippen LogP contribution in [0.4, 0.5) is 0 Å². The number of methoxy groups -OCH3 is 1. The summed E-state index contributed by atoms with van der Waals surface area (Å²) in [5.41, 5.74) is 0.604. The molecule has 0 fully saturated rings. The van der Waals surface area contributed by atoms with Gasteiger partial charge in [0.15, 0.2) is 0 Å². The fourth-order valence-corrected chi connectivity index (χ4v) is 1.57. The maximum Gasteiger partial charge on any atom is 0.254 e. The molecule has 0 aliphatic carbocycles. The summed E-state index contributed by atoms with van der Waals surface area (Å²) in [4.78, 5) is 11.8. The van der Waals surface area contributed by atoms with Crippen LogP contribution in [-0.4, -0.2) is 39.4 Å². The van der Waals surface area contributed by atoms with Crippen molar-refractivity contribution in [3.8, 4) is 0 Å². The molecule has 1 rings (SSSR count). The van der Waals surface area contributed by atoms with Crippen LogP contribution in [0.1, 0.15) is 28.3 Å². The molecular formula is C13H21NO4. The molecule has 0 spiro atoms. The number of amides is 1. The van der Waals surface area contributed by atoms with Gasteiger partial charge in [-0.1, -0.05) is 0 Å². The van der Waals surface area contributed by atoms with Crippen molar-refractivity contribution in [2.24, 2.45) is 0 Å². The summed E-state index contributed by atoms with van der Waals surface area (Å²) >= 11 is 0. The van der Waals surface area contributed by atoms with Gasteiger partial charge in [0.05, 0.1) is 18.8 Å². The highest BCUT2D eigenvalue weighted by Crippen LogP contribution is 2.13. The molecule has 0 saturated heterocycles. The van der Waals surface area contributed by atoms with E-state index in [2.05, 4.69) is 5.32 Å². The molecule has 18 heavy (non-hydrogen) atoms. The third kappa shape index (κ3) is 4.89. The normalized spacial score (nSPS) is 10.6. The molecule has 0 radical (unpaired) electrons. The van der Waals surface area contributed by atoms with Gasteiger partial charge in [-0.05, 0) is 26.3 Å². The summed E-state index contributed by atoms with van der Waals surface area (Å²) in [6, 6.07) is 1.75. The summed E-state index contributed by atoms with van der Waals surface area (Å²) < 4.78 is 15.5. The lowest BCUT2D eigenvalue weighted by atomic mass is 10.2. The van der Waals surface area contributed by atoms with Crippen molar-refractivity contribution in [2.45, 2.75) is 20.3 Å². The first kappa shape index (κ1) is 14.7. The summed E-state index contributed by atoms with van der Waals surface area (Å²) in [6.07, 6.45) is 0.783. The average Bonchev–Trinajstić information content (AvgIpc) is 2.67. The van der Waals surface area contributed by atoms with Crippen LogP contribution in [0, 0.1) is 13.8 Å². The Morgan fingerprint density at radius 1 is 1.33 bits per heavy atom. The predicted octanol–water partition coefficient (Wildman–Crippen LogP) is 1.68. The first-order valence-electron chi connectivity index (χ1n) is 6.07. The Bertz CT molecular complexity index is 373. The molecule has 102 valence electrons. The molecule has 0 bridgehead atoms. The van der Waals surface area contributed by atoms with Crippen molar-refractivity contribution in [2.75, 3.05) is 33.5 Å². The molecule has 1 N–H and O–H groups in total. The van der Waals surface area contributed by atoms with Gasteiger partial charge >= 0.3 is 0 Å². The minimum atomic E-state index is -0.0961. The number of furan rings is 1. The number of rotatable bonds is 8. The van der Waals surface area contributed by atoms with Crippen molar-refractivity contribution in [1.29, 1.82) is 0 Å². The number of ether oxygens (including phenoxy) is 2. The Labute approximate surface area is 107 Å². The van der Waals surface area contributed by atoms with Gasteiger partial charge in [0, 0.05) is 20.3 Å². The Morgan fingerprint density at radius 2 is 2.11 bits per heavy atom. The maximum atomic E-state index is 11.8. The van der Waals surface area contributed by atoms with Gasteiger partial charge in [-0.25, -0.2) is 0 Å². The van der Waals surface area contributed by atoms with Gasteiger partial charge in [0.25, 0.3) is 5.91 Å². The van der Waals surface area contributed by atoms with Crippen molar-refractivity contribution in [3.05, 3.63) is 23.2 Å². The molecule has 1 aromatic rings. The second kappa shape index (κ2) is 7.89. The summed E-state index contributed by atoms with van der Waals surface area (Å²) in [5, 5.41) is 2.83. The highest BCUT2D eigenvalue weighted by Gasteiger charge is 2.12. The van der Waals surface area contributed by atoms with E-state index in [1.165, 1.54) is 0 Å². The molecule has 0 aliphatic heterocycles. The molecular weight excluding hydrogens is 234 g/mol. The fraction of sp³-hybridized carbons (Fsp3) is 0.615. The molecule has 0 unspecified atom stereocenters. The van der Waals surface area contributed by atoms with E-state index in [-0.39, 0.29) is 5.91 Å². The second-order valence-corrected chi connectivity index (χ2v) is 4.04. The largest absolute Gasteiger partial charge is 0.466 e. The average molecular weight is 255 g/mol. The van der Waals surface area contributed by atoms with E-state index in [0.29, 0.717) is 37.7 Å². The lowest BCUT2D eigenvalue weighted by Crippen LogP contribution is -2.25. The van der Waals surface area contributed by atoms with E-state index < -0.39 is 0 Å². The maximum absolute atomic E-state index is 11.8. The van der Waals surface area contributed by atoms with Gasteiger partial charge in [0.1, 0.15) is 11.5 Å². The highest BCUT2D eigenvalue weighted by atomic mass is 16.5. The smallest absolute Gasteiger partial charge is 0.254 e. The van der Waals surface area contributed by atoms with Crippen LogP contribution < -0.4 is 5.32 Å². The number of nitrogens with one attached hydrogen (secondary N) is 1. The Kier molecular flexibility index (Phi) is 6.46. The SMILES string of the molecule is COCCOCCCNC(=O)c1cc(C)oc1C. The second-order valence-electron chi connectivity index (χ2n) is 4.04. The van der Waals surface area contributed by atoms with Crippen LogP contribution in [0.5, 0.6) is 0 Å². The third-order valence-electron chi connectivity index (χ3n) is 2.47. The minimum absolute atomic E-state index is 0.0961. The zero-order valence-electron chi connectivity index (χ0n) is 11.2. The molecule has 0 atom stereocenters. The van der Waals surface area contributed by atoms with Crippen LogP contribution in [0.2, 0.25) is 0 Å².